The number of anilines is 9. The topological polar surface area (TPSA) is 311 Å². The number of carbonyl (C=O) groups is 11. The maximum absolute atomic E-state index is 14.4. The van der Waals surface area contributed by atoms with Crippen LogP contribution in [-0.2, 0) is 4.74 Å². The summed E-state index contributed by atoms with van der Waals surface area (Å²) in [6.07, 6.45) is 3.05. The fraction of sp³-hybridized carbons (Fsp3) is 0.178. The van der Waals surface area contributed by atoms with E-state index in [1.54, 1.807) is 248 Å². The van der Waals surface area contributed by atoms with Gasteiger partial charge in [0.2, 0.25) is 0 Å². The van der Waals surface area contributed by atoms with E-state index in [-0.39, 0.29) is 58.6 Å². The summed E-state index contributed by atoms with van der Waals surface area (Å²) in [5.74, 6) is -3.29. The van der Waals surface area contributed by atoms with Gasteiger partial charge in [-0.1, -0.05) is 126 Å². The number of hydrogen-bond donors (Lipinski definition) is 7. The highest BCUT2D eigenvalue weighted by molar-refractivity contribution is 6.32. The highest BCUT2D eigenvalue weighted by Gasteiger charge is 2.35. The van der Waals surface area contributed by atoms with E-state index in [0.717, 1.165) is 27.2 Å². The standard InChI is InChI=1S/C42H38ClN3O5.C42H36ClN3O5.C34H32ClN3O4/c1-25-10-5-7-12-32(25)39(48)44-30-16-18-35(27(3)22-30)42(51)46(41(50)33-13-8-6-11-26(33)2)31-17-19-34(28(4)23-31)40(49)45-21-9-14-38(47)36-24-29(43)15-20-37(36)45;1-25-10-5-7-12-32(25)39(47)44-30-16-18-34(27(3)22-30)41(49)46-21-9-14-38(36-24-29(43)15-20-37(36)46)51-42(50)35-19-17-31(23-28(35)4)45-40(48)33-13-8-6-11-26(33)2;1-20-7-4-5-8-26(20)32(40)36-24-11-13-27(21(2)17-24)33(41)37-25-12-14-28(22(3)18-25)34(42)38-16-6-9-31(39)29-19-23(35)10-15-30(29)38/h5-8,10-13,15-20,22-24,38,47H,9,14,21H2,1-4H3,(H,44,48);5-8,10-20,22-24H,9,21H2,1-4H3,(H,44,47)(H,45,48);4-5,7-8,10-15,17-19,31,39H,6,9,16H2,1-3H3,(H,36,40)(H,37,41). The molecule has 14 aromatic carbocycles. The molecular formula is C118H106Cl3N9O14. The van der Waals surface area contributed by atoms with Crippen LogP contribution < -0.4 is 46.2 Å². The number of hydrogen-bond acceptors (Lipinski definition) is 14. The molecule has 10 amide bonds. The number of rotatable bonds is 18. The number of aliphatic hydroxyl groups excluding tert-OH is 2. The summed E-state index contributed by atoms with van der Waals surface area (Å²) in [5, 5.41) is 37.3. The van der Waals surface area contributed by atoms with Gasteiger partial charge >= 0.3 is 5.97 Å². The first-order valence-electron chi connectivity index (χ1n) is 47.1. The molecule has 0 fully saturated rings. The third-order valence-corrected chi connectivity index (χ3v) is 26.5. The number of ether oxygens (including phenoxy) is 1. The maximum Gasteiger partial charge on any atom is 0.343 e. The maximum atomic E-state index is 14.4. The van der Waals surface area contributed by atoms with Crippen molar-refractivity contribution < 1.29 is 67.7 Å². The Hall–Kier alpha value is -16.0. The van der Waals surface area contributed by atoms with Gasteiger partial charge in [0.1, 0.15) is 5.76 Å². The SMILES string of the molecule is Cc1ccccc1C(=O)Nc1ccc(C(=O)N(C(=O)c2ccccc2C)c2ccc(C(=O)N3CCCC(O)c4cc(Cl)ccc43)c(C)c2)c(C)c1.Cc1ccccc1C(=O)Nc1ccc(C(=O)Nc2ccc(C(=O)N3CCCC(O)c4cc(Cl)ccc43)c(C)c2)c(C)c1.Cc1ccccc1C(=O)Nc1ccc(C(=O)OC2=CCCN(C(=O)c3ccc(NC(=O)c4ccccc4C)cc3C)c3ccc(Cl)cc32)c(C)c1. The van der Waals surface area contributed by atoms with Crippen LogP contribution in [0.15, 0.2) is 291 Å². The number of carbonyl (C=O) groups excluding carboxylic acids is 11. The van der Waals surface area contributed by atoms with Crippen LogP contribution in [-0.4, -0.2) is 94.9 Å². The molecule has 0 saturated heterocycles. The Bertz CT molecular complexity index is 7520. The van der Waals surface area contributed by atoms with Gasteiger partial charge in [-0.3, -0.25) is 47.9 Å². The molecule has 3 heterocycles. The van der Waals surface area contributed by atoms with Gasteiger partial charge in [-0.05, 0) is 370 Å². The summed E-state index contributed by atoms with van der Waals surface area (Å²) >= 11 is 18.8. The number of imide groups is 1. The zero-order valence-corrected chi connectivity index (χ0v) is 83.5. The quantitative estimate of drug-likeness (QED) is 0.0310. The van der Waals surface area contributed by atoms with Crippen molar-refractivity contribution in [2.45, 2.75) is 120 Å². The molecule has 2 atom stereocenters. The second kappa shape index (κ2) is 45.3. The molecule has 0 saturated carbocycles. The molecule has 14 aromatic rings. The van der Waals surface area contributed by atoms with Crippen LogP contribution in [0.2, 0.25) is 15.1 Å². The van der Waals surface area contributed by atoms with E-state index in [0.29, 0.717) is 229 Å². The van der Waals surface area contributed by atoms with Gasteiger partial charge < -0.3 is 56.2 Å². The van der Waals surface area contributed by atoms with Crippen molar-refractivity contribution >= 4 is 157 Å². The zero-order valence-electron chi connectivity index (χ0n) is 81.2. The van der Waals surface area contributed by atoms with Crippen molar-refractivity contribution in [1.29, 1.82) is 0 Å². The Morgan fingerprint density at radius 3 is 0.931 bits per heavy atom. The van der Waals surface area contributed by atoms with E-state index < -0.39 is 30.0 Å². The second-order valence-corrected chi connectivity index (χ2v) is 37.2. The van der Waals surface area contributed by atoms with Crippen molar-refractivity contribution in [3.8, 4) is 0 Å². The van der Waals surface area contributed by atoms with Gasteiger partial charge in [-0.2, -0.15) is 0 Å². The molecule has 26 heteroatoms. The number of amides is 10. The highest BCUT2D eigenvalue weighted by Crippen LogP contribution is 2.42. The molecular weight excluding hydrogens is 1870 g/mol. The van der Waals surface area contributed by atoms with Crippen LogP contribution in [0.25, 0.3) is 5.76 Å². The molecule has 0 radical (unpaired) electrons. The summed E-state index contributed by atoms with van der Waals surface area (Å²) in [5.41, 5.74) is 19.8. The van der Waals surface area contributed by atoms with Crippen molar-refractivity contribution in [2.24, 2.45) is 0 Å². The molecule has 728 valence electrons. The Labute approximate surface area is 850 Å². The van der Waals surface area contributed by atoms with Crippen LogP contribution >= 0.6 is 34.8 Å². The predicted molar refractivity (Wildman–Crippen MR) is 570 cm³/mol. The Morgan fingerprint density at radius 1 is 0.299 bits per heavy atom. The molecule has 3 aliphatic heterocycles. The number of benzene rings is 14. The van der Waals surface area contributed by atoms with Gasteiger partial charge in [0.15, 0.2) is 0 Å². The largest absolute Gasteiger partial charge is 0.423 e. The van der Waals surface area contributed by atoms with Gasteiger partial charge in [0.05, 0.1) is 29.1 Å². The zero-order chi connectivity index (χ0) is 103. The monoisotopic (exact) mass is 1980 g/mol. The minimum Gasteiger partial charge on any atom is -0.423 e. The number of fused-ring (bicyclic) bond motifs is 3. The number of esters is 1. The van der Waals surface area contributed by atoms with Crippen LogP contribution in [0.5, 0.6) is 0 Å². The molecule has 23 nitrogen and oxygen atoms in total. The molecule has 17 rings (SSSR count). The number of nitrogens with one attached hydrogen (secondary N) is 5. The Balaban J connectivity index is 0.000000163. The lowest BCUT2D eigenvalue weighted by molar-refractivity contribution is 0.0689. The summed E-state index contributed by atoms with van der Waals surface area (Å²) in [6, 6.07) is 82.2. The average Bonchev–Trinajstić information content (AvgIpc) is 1.32. The van der Waals surface area contributed by atoms with Crippen molar-refractivity contribution in [3.05, 3.63) is 445 Å². The average molecular weight is 1980 g/mol. The predicted octanol–water partition coefficient (Wildman–Crippen LogP) is 25.4. The number of aliphatic hydroxyl groups is 2. The fourth-order valence-electron chi connectivity index (χ4n) is 18.0. The lowest BCUT2D eigenvalue weighted by atomic mass is 10.0. The highest BCUT2D eigenvalue weighted by atomic mass is 35.5. The van der Waals surface area contributed by atoms with Gasteiger partial charge in [-0.15, -0.1) is 0 Å². The first kappa shape index (κ1) is 102. The molecule has 0 spiro atoms. The number of aryl methyl sites for hydroxylation is 11. The summed E-state index contributed by atoms with van der Waals surface area (Å²) in [6.45, 7) is 21.3. The Kier molecular flexibility index (Phi) is 32.2. The van der Waals surface area contributed by atoms with E-state index in [4.69, 9.17) is 39.5 Å². The Morgan fingerprint density at radius 2 is 0.583 bits per heavy atom. The second-order valence-electron chi connectivity index (χ2n) is 35.9. The van der Waals surface area contributed by atoms with E-state index in [1.807, 2.05) is 134 Å². The fourth-order valence-corrected chi connectivity index (χ4v) is 18.5. The van der Waals surface area contributed by atoms with E-state index >= 15 is 0 Å². The summed E-state index contributed by atoms with van der Waals surface area (Å²) < 4.78 is 5.98. The summed E-state index contributed by atoms with van der Waals surface area (Å²) in [7, 11) is 0. The molecule has 0 bridgehead atoms. The third kappa shape index (κ3) is 23.4. The van der Waals surface area contributed by atoms with Crippen LogP contribution in [0.1, 0.15) is 236 Å². The number of nitrogens with zero attached hydrogens (tertiary/aromatic N) is 4. The summed E-state index contributed by atoms with van der Waals surface area (Å²) in [4.78, 5) is 155. The molecule has 0 aliphatic carbocycles. The first-order valence-corrected chi connectivity index (χ1v) is 48.2. The minimum absolute atomic E-state index is 0.178. The van der Waals surface area contributed by atoms with Crippen molar-refractivity contribution in [2.75, 3.05) is 65.8 Å². The van der Waals surface area contributed by atoms with Gasteiger partial charge in [0.25, 0.3) is 59.1 Å². The normalized spacial score (nSPS) is 13.5. The van der Waals surface area contributed by atoms with Crippen molar-refractivity contribution in [1.82, 2.24) is 0 Å². The molecule has 144 heavy (non-hydrogen) atoms. The lowest BCUT2D eigenvalue weighted by Crippen LogP contribution is -2.38. The van der Waals surface area contributed by atoms with Gasteiger partial charge in [0, 0.05) is 147 Å². The van der Waals surface area contributed by atoms with Crippen LogP contribution in [0.4, 0.5) is 51.2 Å². The minimum atomic E-state index is -0.742. The van der Waals surface area contributed by atoms with E-state index in [2.05, 4.69) is 26.6 Å². The number of halogens is 3. The van der Waals surface area contributed by atoms with E-state index in [1.165, 1.54) is 0 Å². The van der Waals surface area contributed by atoms with Crippen molar-refractivity contribution in [3.63, 3.8) is 0 Å². The first-order chi connectivity index (χ1) is 69.0. The molecule has 0 aromatic heterocycles. The molecule has 7 N–H and O–H groups in total. The van der Waals surface area contributed by atoms with Gasteiger partial charge in [-0.25, -0.2) is 9.69 Å². The third-order valence-electron chi connectivity index (χ3n) is 25.7. The molecule has 2 unspecified atom stereocenters. The van der Waals surface area contributed by atoms with Crippen LogP contribution in [0, 0.1) is 76.2 Å². The van der Waals surface area contributed by atoms with E-state index in [9.17, 15) is 63.0 Å². The molecule has 3 aliphatic rings. The smallest absolute Gasteiger partial charge is 0.343 e. The lowest BCUT2D eigenvalue weighted by Gasteiger charge is -2.26. The van der Waals surface area contributed by atoms with Crippen LogP contribution in [0.3, 0.4) is 0 Å².